The molecule has 0 fully saturated rings. The van der Waals surface area contributed by atoms with Crippen molar-refractivity contribution >= 4 is 0 Å². The van der Waals surface area contributed by atoms with Gasteiger partial charge >= 0.3 is 0 Å². The van der Waals surface area contributed by atoms with Gasteiger partial charge in [-0.15, -0.1) is 0 Å². The molecule has 0 aliphatic carbocycles. The quantitative estimate of drug-likeness (QED) is 0.558. The second-order valence-electron chi connectivity index (χ2n) is 3.13. The lowest BCUT2D eigenvalue weighted by Crippen LogP contribution is -2.28. The molecule has 63 valence electrons. The van der Waals surface area contributed by atoms with Gasteiger partial charge in [0.1, 0.15) is 0 Å². The second-order valence-corrected chi connectivity index (χ2v) is 3.13. The summed E-state index contributed by atoms with van der Waals surface area (Å²) in [5.74, 6) is 0. The minimum absolute atomic E-state index is 1.15. The van der Waals surface area contributed by atoms with Crippen molar-refractivity contribution in [1.29, 1.82) is 0 Å². The van der Waals surface area contributed by atoms with Gasteiger partial charge in [-0.1, -0.05) is 31.9 Å². The average molecular weight is 152 g/mol. The van der Waals surface area contributed by atoms with Crippen molar-refractivity contribution < 1.29 is 0 Å². The maximum atomic E-state index is 2.48. The molecule has 0 atom stereocenters. The molecule has 0 spiro atoms. The van der Waals surface area contributed by atoms with Crippen molar-refractivity contribution in [2.24, 2.45) is 0 Å². The van der Waals surface area contributed by atoms with Crippen LogP contribution >= 0.6 is 0 Å². The number of hydrogen-bond acceptors (Lipinski definition) is 1. The van der Waals surface area contributed by atoms with Gasteiger partial charge in [0.05, 0.1) is 0 Å². The predicted octanol–water partition coefficient (Wildman–Crippen LogP) is 2.25. The second kappa shape index (κ2) is 5.36. The van der Waals surface area contributed by atoms with Gasteiger partial charge in [0.25, 0.3) is 0 Å². The summed E-state index contributed by atoms with van der Waals surface area (Å²) in [6.45, 7) is 5.83. The molecule has 1 aliphatic rings. The summed E-state index contributed by atoms with van der Waals surface area (Å²) < 4.78 is 0. The fourth-order valence-electron chi connectivity index (χ4n) is 1.36. The van der Waals surface area contributed by atoms with Gasteiger partial charge in [-0.2, -0.15) is 0 Å². The van der Waals surface area contributed by atoms with Gasteiger partial charge in [0.2, 0.25) is 0 Å². The van der Waals surface area contributed by atoms with Crippen molar-refractivity contribution in [3.05, 3.63) is 18.6 Å². The third-order valence-electron chi connectivity index (χ3n) is 2.08. The maximum Gasteiger partial charge on any atom is 0.0163 e. The molecule has 1 nitrogen and oxygen atoms in total. The summed E-state index contributed by atoms with van der Waals surface area (Å²) in [6.07, 6.45) is 10.7. The normalized spacial score (nSPS) is 19.0. The molecule has 0 saturated heterocycles. The highest BCUT2D eigenvalue weighted by molar-refractivity contribution is 5.02. The third-order valence-corrected chi connectivity index (χ3v) is 2.08. The molecule has 0 saturated carbocycles. The van der Waals surface area contributed by atoms with Gasteiger partial charge in [-0.25, -0.2) is 0 Å². The van der Waals surface area contributed by atoms with E-state index < -0.39 is 0 Å². The Morgan fingerprint density at radius 2 is 2.18 bits per heavy atom. The number of nitrogens with zero attached hydrogens (tertiary/aromatic N) is 1. The SMILES string of the molecule is CCCCCN1C[CH]C=CC1. The van der Waals surface area contributed by atoms with E-state index in [1.807, 2.05) is 0 Å². The minimum Gasteiger partial charge on any atom is -0.299 e. The Labute approximate surface area is 70.1 Å². The first-order valence-corrected chi connectivity index (χ1v) is 4.64. The molecule has 0 N–H and O–H groups in total. The van der Waals surface area contributed by atoms with Crippen LogP contribution in [0.15, 0.2) is 12.2 Å². The van der Waals surface area contributed by atoms with Crippen LogP contribution in [0.4, 0.5) is 0 Å². The van der Waals surface area contributed by atoms with E-state index in [-0.39, 0.29) is 0 Å². The fourth-order valence-corrected chi connectivity index (χ4v) is 1.36. The third kappa shape index (κ3) is 3.57. The summed E-state index contributed by atoms with van der Waals surface area (Å²) in [6, 6.07) is 0. The van der Waals surface area contributed by atoms with Crippen LogP contribution < -0.4 is 0 Å². The van der Waals surface area contributed by atoms with Gasteiger partial charge < -0.3 is 0 Å². The van der Waals surface area contributed by atoms with Crippen molar-refractivity contribution in [3.63, 3.8) is 0 Å². The van der Waals surface area contributed by atoms with Crippen LogP contribution in [0.5, 0.6) is 0 Å². The Bertz CT molecular complexity index is 118. The molecule has 0 amide bonds. The van der Waals surface area contributed by atoms with E-state index >= 15 is 0 Å². The van der Waals surface area contributed by atoms with Crippen LogP contribution in [-0.2, 0) is 0 Å². The summed E-state index contributed by atoms with van der Waals surface area (Å²) in [5, 5.41) is 0. The lowest BCUT2D eigenvalue weighted by Gasteiger charge is -2.22. The fraction of sp³-hybridized carbons (Fsp3) is 0.700. The Morgan fingerprint density at radius 3 is 2.82 bits per heavy atom. The lowest BCUT2D eigenvalue weighted by molar-refractivity contribution is 0.313. The van der Waals surface area contributed by atoms with Crippen molar-refractivity contribution in [3.8, 4) is 0 Å². The van der Waals surface area contributed by atoms with Crippen LogP contribution in [0.1, 0.15) is 26.2 Å². The molecule has 1 rings (SSSR count). The Balaban J connectivity index is 2.02. The summed E-state index contributed by atoms with van der Waals surface area (Å²) in [7, 11) is 0. The molecule has 11 heavy (non-hydrogen) atoms. The lowest BCUT2D eigenvalue weighted by atomic mass is 10.2. The first-order valence-electron chi connectivity index (χ1n) is 4.64. The molecule has 0 aromatic carbocycles. The topological polar surface area (TPSA) is 3.24 Å². The standard InChI is InChI=1S/C10H18N/c1-2-3-5-8-11-9-6-4-7-10-11/h4,6-7H,2-3,5,8-10H2,1H3. The first kappa shape index (κ1) is 8.79. The van der Waals surface area contributed by atoms with Gasteiger partial charge in [-0.05, 0) is 19.4 Å². The van der Waals surface area contributed by atoms with Crippen LogP contribution in [0.25, 0.3) is 0 Å². The molecule has 0 unspecified atom stereocenters. The Kier molecular flexibility index (Phi) is 4.29. The molecular weight excluding hydrogens is 134 g/mol. The zero-order chi connectivity index (χ0) is 7.94. The molecule has 0 bridgehead atoms. The van der Waals surface area contributed by atoms with E-state index in [1.165, 1.54) is 25.8 Å². The van der Waals surface area contributed by atoms with E-state index in [1.54, 1.807) is 0 Å². The highest BCUT2D eigenvalue weighted by atomic mass is 15.1. The van der Waals surface area contributed by atoms with Crippen molar-refractivity contribution in [2.45, 2.75) is 26.2 Å². The first-order chi connectivity index (χ1) is 5.43. The molecular formula is C10H18N. The van der Waals surface area contributed by atoms with E-state index in [2.05, 4.69) is 30.4 Å². The summed E-state index contributed by atoms with van der Waals surface area (Å²) in [4.78, 5) is 2.48. The number of rotatable bonds is 4. The molecule has 1 aliphatic heterocycles. The zero-order valence-corrected chi connectivity index (χ0v) is 7.42. The zero-order valence-electron chi connectivity index (χ0n) is 7.42. The average Bonchev–Trinajstić information content (AvgIpc) is 2.07. The van der Waals surface area contributed by atoms with Crippen LogP contribution in [0.3, 0.4) is 0 Å². The van der Waals surface area contributed by atoms with Crippen LogP contribution in [0.2, 0.25) is 0 Å². The van der Waals surface area contributed by atoms with Crippen LogP contribution in [0, 0.1) is 6.42 Å². The van der Waals surface area contributed by atoms with E-state index in [4.69, 9.17) is 0 Å². The number of unbranched alkanes of at least 4 members (excludes halogenated alkanes) is 2. The van der Waals surface area contributed by atoms with E-state index in [0.29, 0.717) is 0 Å². The summed E-state index contributed by atoms with van der Waals surface area (Å²) >= 11 is 0. The highest BCUT2D eigenvalue weighted by Crippen LogP contribution is 2.03. The molecule has 1 heteroatoms. The maximum absolute atomic E-state index is 2.48. The predicted molar refractivity (Wildman–Crippen MR) is 49.4 cm³/mol. The van der Waals surface area contributed by atoms with Gasteiger partial charge in [0, 0.05) is 13.1 Å². The van der Waals surface area contributed by atoms with E-state index in [9.17, 15) is 0 Å². The monoisotopic (exact) mass is 152 g/mol. The minimum atomic E-state index is 1.15. The van der Waals surface area contributed by atoms with Gasteiger partial charge in [-0.3, -0.25) is 4.90 Å². The van der Waals surface area contributed by atoms with Crippen molar-refractivity contribution in [2.75, 3.05) is 19.6 Å². The molecule has 0 aromatic rings. The van der Waals surface area contributed by atoms with Gasteiger partial charge in [0.15, 0.2) is 0 Å². The van der Waals surface area contributed by atoms with Crippen molar-refractivity contribution in [1.82, 2.24) is 4.90 Å². The van der Waals surface area contributed by atoms with E-state index in [0.717, 1.165) is 13.1 Å². The largest absolute Gasteiger partial charge is 0.299 e. The van der Waals surface area contributed by atoms with Crippen LogP contribution in [-0.4, -0.2) is 24.5 Å². The summed E-state index contributed by atoms with van der Waals surface area (Å²) in [5.41, 5.74) is 0. The number of hydrogen-bond donors (Lipinski definition) is 0. The molecule has 0 aromatic heterocycles. The Morgan fingerprint density at radius 1 is 1.27 bits per heavy atom. The smallest absolute Gasteiger partial charge is 0.0163 e. The molecule has 1 heterocycles. The Hall–Kier alpha value is -0.300. The highest BCUT2D eigenvalue weighted by Gasteiger charge is 2.03. The molecule has 1 radical (unpaired) electrons.